The van der Waals surface area contributed by atoms with Crippen LogP contribution in [-0.2, 0) is 9.59 Å². The lowest BCUT2D eigenvalue weighted by molar-refractivity contribution is -0.129. The fourth-order valence-electron chi connectivity index (χ4n) is 6.03. The van der Waals surface area contributed by atoms with E-state index in [2.05, 4.69) is 51.1 Å². The van der Waals surface area contributed by atoms with E-state index in [1.165, 1.54) is 23.6 Å². The van der Waals surface area contributed by atoms with Gasteiger partial charge in [0.2, 0.25) is 0 Å². The maximum Gasteiger partial charge on any atom is 0.164 e. The third kappa shape index (κ3) is 6.45. The van der Waals surface area contributed by atoms with E-state index in [1.807, 2.05) is 26.0 Å². The summed E-state index contributed by atoms with van der Waals surface area (Å²) in [5.41, 5.74) is 7.67. The van der Waals surface area contributed by atoms with Crippen molar-refractivity contribution in [1.82, 2.24) is 0 Å². The van der Waals surface area contributed by atoms with Crippen molar-refractivity contribution in [1.29, 1.82) is 0 Å². The monoisotopic (exact) mass is 472 g/mol. The Kier molecular flexibility index (Phi) is 8.99. The van der Waals surface area contributed by atoms with Gasteiger partial charge >= 0.3 is 0 Å². The van der Waals surface area contributed by atoms with E-state index < -0.39 is 0 Å². The summed E-state index contributed by atoms with van der Waals surface area (Å²) in [6.45, 7) is 11.9. The number of fused-ring (bicyclic) bond motifs is 1. The Hall–Kier alpha value is -2.81. The van der Waals surface area contributed by atoms with Gasteiger partial charge in [-0.25, -0.2) is 0 Å². The molecule has 0 saturated heterocycles. The van der Waals surface area contributed by atoms with Gasteiger partial charge in [0.1, 0.15) is 11.6 Å². The first kappa shape index (κ1) is 26.8. The van der Waals surface area contributed by atoms with Crippen LogP contribution in [0.1, 0.15) is 97.5 Å². The van der Waals surface area contributed by atoms with Crippen LogP contribution >= 0.6 is 0 Å². The van der Waals surface area contributed by atoms with Gasteiger partial charge in [0.05, 0.1) is 6.42 Å². The van der Waals surface area contributed by atoms with Crippen molar-refractivity contribution in [2.24, 2.45) is 17.8 Å². The van der Waals surface area contributed by atoms with Crippen LogP contribution < -0.4 is 0 Å². The SMILES string of the molecule is CCCC(CC1CC(=O)c2c(C)cccc2/C1=C\c1cc(C)cc(C)c1)C(CC)C(=O)CC(C)=O. The van der Waals surface area contributed by atoms with Crippen LogP contribution in [0.3, 0.4) is 0 Å². The summed E-state index contributed by atoms with van der Waals surface area (Å²) < 4.78 is 0. The van der Waals surface area contributed by atoms with E-state index in [-0.39, 0.29) is 41.5 Å². The molecule has 0 aliphatic heterocycles. The second-order valence-electron chi connectivity index (χ2n) is 10.5. The molecule has 2 aromatic rings. The molecule has 0 saturated carbocycles. The van der Waals surface area contributed by atoms with Crippen LogP contribution in [0.2, 0.25) is 0 Å². The minimum Gasteiger partial charge on any atom is -0.300 e. The van der Waals surface area contributed by atoms with Crippen molar-refractivity contribution in [3.05, 3.63) is 69.8 Å². The molecule has 0 N–H and O–H groups in total. The van der Waals surface area contributed by atoms with Crippen molar-refractivity contribution in [2.75, 3.05) is 0 Å². The number of Topliss-reactive ketones (excluding diaryl/α,β-unsaturated/α-hetero) is 3. The van der Waals surface area contributed by atoms with Crippen LogP contribution in [-0.4, -0.2) is 17.3 Å². The molecule has 3 heteroatoms. The van der Waals surface area contributed by atoms with Crippen LogP contribution in [0.5, 0.6) is 0 Å². The molecule has 2 aromatic carbocycles. The molecule has 1 aliphatic carbocycles. The molecular weight excluding hydrogens is 432 g/mol. The lowest BCUT2D eigenvalue weighted by atomic mass is 9.69. The highest BCUT2D eigenvalue weighted by molar-refractivity contribution is 6.07. The molecule has 0 aromatic heterocycles. The fourth-order valence-corrected chi connectivity index (χ4v) is 6.03. The van der Waals surface area contributed by atoms with Crippen molar-refractivity contribution in [3.8, 4) is 0 Å². The number of allylic oxidation sites excluding steroid dienone is 1. The summed E-state index contributed by atoms with van der Waals surface area (Å²) in [6, 6.07) is 12.7. The molecule has 0 fully saturated rings. The van der Waals surface area contributed by atoms with E-state index in [0.29, 0.717) is 6.42 Å². The van der Waals surface area contributed by atoms with Gasteiger partial charge in [0, 0.05) is 17.9 Å². The molecule has 0 spiro atoms. The largest absolute Gasteiger partial charge is 0.300 e. The summed E-state index contributed by atoms with van der Waals surface area (Å²) in [4.78, 5) is 38.0. The van der Waals surface area contributed by atoms with Crippen molar-refractivity contribution < 1.29 is 14.4 Å². The average Bonchev–Trinajstić information content (AvgIpc) is 2.75. The first-order valence-electron chi connectivity index (χ1n) is 13.1. The molecular formula is C32H40O3. The first-order chi connectivity index (χ1) is 16.6. The van der Waals surface area contributed by atoms with Gasteiger partial charge < -0.3 is 0 Å². The van der Waals surface area contributed by atoms with Crippen LogP contribution in [0, 0.1) is 38.5 Å². The predicted octanol–water partition coefficient (Wildman–Crippen LogP) is 7.74. The maximum atomic E-state index is 13.3. The number of hydrogen-bond donors (Lipinski definition) is 0. The molecule has 3 atom stereocenters. The number of rotatable bonds is 10. The summed E-state index contributed by atoms with van der Waals surface area (Å²) in [5.74, 6) is 0.236. The van der Waals surface area contributed by atoms with E-state index in [4.69, 9.17) is 0 Å². The molecule has 3 rings (SSSR count). The quantitative estimate of drug-likeness (QED) is 0.332. The van der Waals surface area contributed by atoms with Crippen molar-refractivity contribution in [2.45, 2.75) is 80.1 Å². The number of benzene rings is 2. The van der Waals surface area contributed by atoms with Gasteiger partial charge in [-0.2, -0.15) is 0 Å². The molecule has 3 unspecified atom stereocenters. The molecule has 0 amide bonds. The van der Waals surface area contributed by atoms with Gasteiger partial charge in [-0.15, -0.1) is 0 Å². The third-order valence-electron chi connectivity index (χ3n) is 7.39. The molecule has 3 nitrogen and oxygen atoms in total. The van der Waals surface area contributed by atoms with Gasteiger partial charge in [-0.05, 0) is 81.1 Å². The predicted molar refractivity (Wildman–Crippen MR) is 145 cm³/mol. The topological polar surface area (TPSA) is 51.2 Å². The molecule has 0 radical (unpaired) electrons. The summed E-state index contributed by atoms with van der Waals surface area (Å²) in [5, 5.41) is 0. The van der Waals surface area contributed by atoms with Crippen LogP contribution in [0.15, 0.2) is 36.4 Å². The molecule has 0 bridgehead atoms. The van der Waals surface area contributed by atoms with Crippen LogP contribution in [0.25, 0.3) is 11.6 Å². The van der Waals surface area contributed by atoms with E-state index in [0.717, 1.165) is 47.9 Å². The minimum atomic E-state index is -0.143. The van der Waals surface area contributed by atoms with E-state index in [1.54, 1.807) is 0 Å². The Bertz CT molecular complexity index is 1120. The summed E-state index contributed by atoms with van der Waals surface area (Å²) in [6.07, 6.45) is 6.14. The highest BCUT2D eigenvalue weighted by Gasteiger charge is 2.35. The summed E-state index contributed by atoms with van der Waals surface area (Å²) in [7, 11) is 0. The zero-order valence-corrected chi connectivity index (χ0v) is 22.2. The Morgan fingerprint density at radius 1 is 1.06 bits per heavy atom. The van der Waals surface area contributed by atoms with Gasteiger partial charge in [0.15, 0.2) is 5.78 Å². The number of hydrogen-bond acceptors (Lipinski definition) is 3. The zero-order chi connectivity index (χ0) is 25.7. The number of carbonyl (C=O) groups excluding carboxylic acids is 3. The molecule has 35 heavy (non-hydrogen) atoms. The fraction of sp³-hybridized carbons (Fsp3) is 0.469. The average molecular weight is 473 g/mol. The lowest BCUT2D eigenvalue weighted by Gasteiger charge is -2.33. The highest BCUT2D eigenvalue weighted by Crippen LogP contribution is 2.43. The molecule has 0 heterocycles. The second-order valence-corrected chi connectivity index (χ2v) is 10.5. The second kappa shape index (κ2) is 11.7. The number of ketones is 3. The molecule has 186 valence electrons. The Morgan fingerprint density at radius 3 is 2.34 bits per heavy atom. The van der Waals surface area contributed by atoms with Gasteiger partial charge in [-0.1, -0.05) is 73.9 Å². The Labute approximate surface area is 211 Å². The Morgan fingerprint density at radius 2 is 1.74 bits per heavy atom. The summed E-state index contributed by atoms with van der Waals surface area (Å²) >= 11 is 0. The van der Waals surface area contributed by atoms with Gasteiger partial charge in [-0.3, -0.25) is 14.4 Å². The number of carbonyl (C=O) groups is 3. The Balaban J connectivity index is 2.08. The lowest BCUT2D eigenvalue weighted by Crippen LogP contribution is -2.29. The zero-order valence-electron chi connectivity index (χ0n) is 22.2. The third-order valence-corrected chi connectivity index (χ3v) is 7.39. The standard InChI is InChI=1S/C32H40O3/c1-7-10-25(27(8-2)30(34)16-23(6)33)18-26-19-31(35)32-22(5)11-9-12-28(32)29(26)17-24-14-20(3)13-21(4)15-24/h9,11-15,17,25-27H,7-8,10,16,18-19H2,1-6H3/b29-17-. The van der Waals surface area contributed by atoms with Crippen LogP contribution in [0.4, 0.5) is 0 Å². The molecule has 1 aliphatic rings. The van der Waals surface area contributed by atoms with Crippen molar-refractivity contribution in [3.63, 3.8) is 0 Å². The van der Waals surface area contributed by atoms with Crippen molar-refractivity contribution >= 4 is 29.0 Å². The van der Waals surface area contributed by atoms with E-state index >= 15 is 0 Å². The first-order valence-corrected chi connectivity index (χ1v) is 13.1. The number of aryl methyl sites for hydroxylation is 3. The van der Waals surface area contributed by atoms with Gasteiger partial charge in [0.25, 0.3) is 0 Å². The highest BCUT2D eigenvalue weighted by atomic mass is 16.1. The maximum absolute atomic E-state index is 13.3. The van der Waals surface area contributed by atoms with E-state index in [9.17, 15) is 14.4 Å². The normalized spacial score (nSPS) is 18.3. The minimum absolute atomic E-state index is 0.00954. The smallest absolute Gasteiger partial charge is 0.164 e.